The van der Waals surface area contributed by atoms with Crippen LogP contribution in [0.5, 0.6) is 0 Å². The average molecular weight is 764 g/mol. The molecule has 3 aliphatic rings. The van der Waals surface area contributed by atoms with Gasteiger partial charge in [-0.1, -0.05) is 120 Å². The van der Waals surface area contributed by atoms with Crippen LogP contribution in [0.15, 0.2) is 84.9 Å². The van der Waals surface area contributed by atoms with Crippen molar-refractivity contribution in [3.05, 3.63) is 107 Å². The minimum Gasteiger partial charge on any atom is -0.391 e. The number of aliphatic hydroxyl groups excluding tert-OH is 1. The van der Waals surface area contributed by atoms with Crippen molar-refractivity contribution in [3.8, 4) is 0 Å². The zero-order valence-corrected chi connectivity index (χ0v) is 33.7. The zero-order valence-electron chi connectivity index (χ0n) is 32.1. The fraction of sp³-hybridized carbons (Fsp3) is 0.581. The van der Waals surface area contributed by atoms with E-state index in [1.807, 2.05) is 84.9 Å². The van der Waals surface area contributed by atoms with Crippen LogP contribution in [0.25, 0.3) is 0 Å². The van der Waals surface area contributed by atoms with Crippen LogP contribution >= 0.6 is 0 Å². The molecule has 53 heavy (non-hydrogen) atoms. The van der Waals surface area contributed by atoms with Crippen molar-refractivity contribution in [3.63, 3.8) is 0 Å². The second-order valence-electron chi connectivity index (χ2n) is 16.9. The summed E-state index contributed by atoms with van der Waals surface area (Å²) >= 11 is 0. The molecule has 290 valence electrons. The molecule has 2 saturated carbocycles. The Bertz CT molecular complexity index is 1850. The molecule has 10 unspecified atom stereocenters. The van der Waals surface area contributed by atoms with Crippen LogP contribution in [0.4, 0.5) is 0 Å². The molecule has 10 atom stereocenters. The summed E-state index contributed by atoms with van der Waals surface area (Å²) in [5, 5.41) is 13.6. The predicted octanol–water partition coefficient (Wildman–Crippen LogP) is 7.46. The van der Waals surface area contributed by atoms with Crippen molar-refractivity contribution in [2.45, 2.75) is 114 Å². The molecule has 6 rings (SSSR count). The third-order valence-electron chi connectivity index (χ3n) is 12.8. The summed E-state index contributed by atoms with van der Waals surface area (Å²) in [5.74, 6) is 1.08. The van der Waals surface area contributed by atoms with Crippen LogP contribution in [0.2, 0.25) is 0 Å². The maximum Gasteiger partial charge on any atom is 0.215 e. The van der Waals surface area contributed by atoms with E-state index in [9.17, 15) is 21.9 Å². The minimum absolute atomic E-state index is 0.0153. The van der Waals surface area contributed by atoms with E-state index < -0.39 is 54.8 Å². The lowest BCUT2D eigenvalue weighted by Gasteiger charge is -2.40. The molecule has 2 fully saturated rings. The summed E-state index contributed by atoms with van der Waals surface area (Å²) in [6.07, 6.45) is 4.37. The molecule has 0 spiro atoms. The van der Waals surface area contributed by atoms with E-state index in [4.69, 9.17) is 0 Å². The van der Waals surface area contributed by atoms with Gasteiger partial charge in [0.05, 0.1) is 34.7 Å². The van der Waals surface area contributed by atoms with Crippen LogP contribution in [0.3, 0.4) is 0 Å². The Kier molecular flexibility index (Phi) is 12.9. The van der Waals surface area contributed by atoms with Gasteiger partial charge in [-0.05, 0) is 103 Å². The molecule has 0 saturated heterocycles. The first kappa shape index (κ1) is 40.1. The van der Waals surface area contributed by atoms with E-state index in [0.29, 0.717) is 37.6 Å². The van der Waals surface area contributed by atoms with Gasteiger partial charge >= 0.3 is 0 Å². The van der Waals surface area contributed by atoms with Gasteiger partial charge in [-0.15, -0.1) is 0 Å². The lowest BCUT2D eigenvalue weighted by molar-refractivity contribution is 0.150. The van der Waals surface area contributed by atoms with Crippen molar-refractivity contribution in [1.82, 2.24) is 14.8 Å². The van der Waals surface area contributed by atoms with Crippen LogP contribution in [0, 0.1) is 35.5 Å². The van der Waals surface area contributed by atoms with Gasteiger partial charge in [0.1, 0.15) is 0 Å². The molecule has 0 heterocycles. The average Bonchev–Trinajstić information content (AvgIpc) is 3.45. The first-order valence-electron chi connectivity index (χ1n) is 19.9. The summed E-state index contributed by atoms with van der Waals surface area (Å²) in [7, 11) is -7.52. The van der Waals surface area contributed by atoms with Crippen molar-refractivity contribution in [2.24, 2.45) is 35.5 Å². The number of nitrogens with one attached hydrogen (secondary N) is 3. The number of sulfonamides is 2. The number of hydrogen-bond donors (Lipinski definition) is 4. The van der Waals surface area contributed by atoms with Crippen molar-refractivity contribution < 1.29 is 21.9 Å². The van der Waals surface area contributed by atoms with Gasteiger partial charge in [0.25, 0.3) is 0 Å². The molecule has 3 aliphatic carbocycles. The Morgan fingerprint density at radius 3 is 1.96 bits per heavy atom. The molecule has 10 heteroatoms. The van der Waals surface area contributed by atoms with Gasteiger partial charge in [-0.3, -0.25) is 0 Å². The largest absolute Gasteiger partial charge is 0.391 e. The smallest absolute Gasteiger partial charge is 0.215 e. The molecule has 0 radical (unpaired) electrons. The monoisotopic (exact) mass is 763 g/mol. The van der Waals surface area contributed by atoms with Gasteiger partial charge in [-0.2, -0.15) is 0 Å². The Labute approximate surface area is 319 Å². The highest BCUT2D eigenvalue weighted by atomic mass is 32.2. The highest BCUT2D eigenvalue weighted by Crippen LogP contribution is 2.41. The summed E-state index contributed by atoms with van der Waals surface area (Å²) < 4.78 is 63.7. The normalized spacial score (nSPS) is 29.2. The van der Waals surface area contributed by atoms with E-state index >= 15 is 0 Å². The lowest BCUT2D eigenvalue weighted by atomic mass is 9.76. The Morgan fingerprint density at radius 1 is 0.698 bits per heavy atom. The number of benzene rings is 3. The van der Waals surface area contributed by atoms with Crippen molar-refractivity contribution in [1.29, 1.82) is 0 Å². The lowest BCUT2D eigenvalue weighted by Crippen LogP contribution is -2.49. The quantitative estimate of drug-likeness (QED) is 0.135. The van der Waals surface area contributed by atoms with Crippen molar-refractivity contribution >= 4 is 20.0 Å². The first-order valence-corrected chi connectivity index (χ1v) is 23.0. The fourth-order valence-corrected chi connectivity index (χ4v) is 13.8. The number of fused-ring (bicyclic) bond motifs is 1. The minimum atomic E-state index is -3.80. The molecule has 0 aromatic heterocycles. The van der Waals surface area contributed by atoms with Crippen LogP contribution < -0.4 is 14.8 Å². The third-order valence-corrected chi connectivity index (χ3v) is 16.7. The molecular weight excluding hydrogens is 703 g/mol. The Hall–Kier alpha value is -2.60. The van der Waals surface area contributed by atoms with Gasteiger partial charge in [0.15, 0.2) is 0 Å². The Balaban J connectivity index is 1.26. The van der Waals surface area contributed by atoms with E-state index in [1.54, 1.807) is 0 Å². The highest BCUT2D eigenvalue weighted by molar-refractivity contribution is 7.90. The standard InChI is InChI=1S/C43H61N3O5S2/c1-28(2)34-22-20-30(5)39(26-34)52(48,49)45-42(33-16-10-7-11-17-33)41(32-14-8-6-9-15-32)44-27-31-21-23-36(29(3)4)40(24-31)53(50,51)46-43-37-19-13-12-18-35(37)25-38(43)47/h6-19,28-31,34,36,38-47H,20-27H2,1-5H3. The van der Waals surface area contributed by atoms with E-state index in [2.05, 4.69) is 49.4 Å². The second kappa shape index (κ2) is 17.0. The van der Waals surface area contributed by atoms with Gasteiger partial charge in [0, 0.05) is 6.42 Å². The first-order chi connectivity index (χ1) is 25.2. The van der Waals surface area contributed by atoms with Crippen molar-refractivity contribution in [2.75, 3.05) is 6.54 Å². The van der Waals surface area contributed by atoms with Gasteiger partial charge in [-0.25, -0.2) is 26.3 Å². The summed E-state index contributed by atoms with van der Waals surface area (Å²) in [5.41, 5.74) is 3.68. The molecule has 4 N–H and O–H groups in total. The second-order valence-corrected chi connectivity index (χ2v) is 20.8. The number of rotatable bonds is 14. The third kappa shape index (κ3) is 9.27. The van der Waals surface area contributed by atoms with E-state index in [-0.39, 0.29) is 23.7 Å². The molecule has 3 aromatic rings. The molecule has 0 bridgehead atoms. The number of aliphatic hydroxyl groups is 1. The van der Waals surface area contributed by atoms with Crippen LogP contribution in [-0.2, 0) is 26.5 Å². The fourth-order valence-electron chi connectivity index (χ4n) is 9.51. The maximum absolute atomic E-state index is 14.5. The topological polar surface area (TPSA) is 125 Å². The molecule has 0 aliphatic heterocycles. The zero-order chi connectivity index (χ0) is 37.9. The highest BCUT2D eigenvalue weighted by Gasteiger charge is 2.44. The number of hydrogen-bond acceptors (Lipinski definition) is 6. The van der Waals surface area contributed by atoms with Gasteiger partial charge < -0.3 is 10.4 Å². The van der Waals surface area contributed by atoms with E-state index in [1.165, 1.54) is 0 Å². The summed E-state index contributed by atoms with van der Waals surface area (Å²) in [6, 6.07) is 25.9. The molecule has 3 aromatic carbocycles. The summed E-state index contributed by atoms with van der Waals surface area (Å²) in [6.45, 7) is 11.2. The van der Waals surface area contributed by atoms with Crippen LogP contribution in [-0.4, -0.2) is 45.1 Å². The van der Waals surface area contributed by atoms with E-state index in [0.717, 1.165) is 47.9 Å². The molecular formula is C43H61N3O5S2. The Morgan fingerprint density at radius 2 is 1.32 bits per heavy atom. The SMILES string of the molecule is CC(C)C1CCC(C)C(S(=O)(=O)NC(c2ccccc2)C(NCC2CCC(C(C)C)C(S(=O)(=O)NC3c4ccccc4CC3O)C2)c2ccccc2)C1. The molecule has 0 amide bonds. The predicted molar refractivity (Wildman–Crippen MR) is 214 cm³/mol. The molecule has 8 nitrogen and oxygen atoms in total. The van der Waals surface area contributed by atoms with Crippen LogP contribution in [0.1, 0.15) is 114 Å². The maximum atomic E-state index is 14.5. The summed E-state index contributed by atoms with van der Waals surface area (Å²) in [4.78, 5) is 0. The van der Waals surface area contributed by atoms with Gasteiger partial charge in [0.2, 0.25) is 20.0 Å².